The summed E-state index contributed by atoms with van der Waals surface area (Å²) in [6.07, 6.45) is 0.545. The second kappa shape index (κ2) is 9.66. The van der Waals surface area contributed by atoms with Crippen molar-refractivity contribution in [3.8, 4) is 0 Å². The van der Waals surface area contributed by atoms with Gasteiger partial charge in [-0.3, -0.25) is 4.79 Å². The summed E-state index contributed by atoms with van der Waals surface area (Å²) in [4.78, 5) is 12.3. The average molecular weight is 363 g/mol. The van der Waals surface area contributed by atoms with Crippen molar-refractivity contribution >= 4 is 41.7 Å². The first kappa shape index (κ1) is 19.6. The van der Waals surface area contributed by atoms with Gasteiger partial charge in [-0.15, -0.1) is 12.4 Å². The molecule has 1 saturated heterocycles. The summed E-state index contributed by atoms with van der Waals surface area (Å²) in [5.74, 6) is 2.60. The van der Waals surface area contributed by atoms with E-state index in [1.54, 1.807) is 0 Å². The van der Waals surface area contributed by atoms with E-state index in [0.717, 1.165) is 28.6 Å². The number of amides is 1. The Kier molecular flexibility index (Phi) is 8.62. The number of thioether (sulfide) groups is 1. The van der Waals surface area contributed by atoms with Gasteiger partial charge in [-0.2, -0.15) is 11.8 Å². The highest BCUT2D eigenvalue weighted by molar-refractivity contribution is 7.99. The summed E-state index contributed by atoms with van der Waals surface area (Å²) in [7, 11) is 0. The summed E-state index contributed by atoms with van der Waals surface area (Å²) in [6.45, 7) is 5.23. The van der Waals surface area contributed by atoms with Gasteiger partial charge in [0.05, 0.1) is 6.04 Å². The summed E-state index contributed by atoms with van der Waals surface area (Å²) < 4.78 is 0. The van der Waals surface area contributed by atoms with Crippen LogP contribution in [-0.2, 0) is 4.79 Å². The molecule has 0 radical (unpaired) electrons. The molecule has 3 nitrogen and oxygen atoms in total. The van der Waals surface area contributed by atoms with Gasteiger partial charge in [-0.1, -0.05) is 37.6 Å². The lowest BCUT2D eigenvalue weighted by atomic mass is 9.95. The van der Waals surface area contributed by atoms with Crippen LogP contribution in [0.2, 0.25) is 5.02 Å². The van der Waals surface area contributed by atoms with Crippen molar-refractivity contribution in [1.82, 2.24) is 10.6 Å². The van der Waals surface area contributed by atoms with Crippen LogP contribution in [0.3, 0.4) is 0 Å². The molecule has 2 N–H and O–H groups in total. The zero-order valence-electron chi connectivity index (χ0n) is 13.0. The van der Waals surface area contributed by atoms with Crippen LogP contribution in [0.5, 0.6) is 0 Å². The molecular formula is C16H24Cl2N2OS. The Morgan fingerprint density at radius 3 is 2.64 bits per heavy atom. The third kappa shape index (κ3) is 5.99. The van der Waals surface area contributed by atoms with Gasteiger partial charge in [-0.25, -0.2) is 0 Å². The van der Waals surface area contributed by atoms with E-state index in [1.807, 2.05) is 36.0 Å². The second-order valence-electron chi connectivity index (χ2n) is 5.77. The molecule has 1 aliphatic rings. The predicted molar refractivity (Wildman–Crippen MR) is 98.2 cm³/mol. The fraction of sp³-hybridized carbons (Fsp3) is 0.562. The van der Waals surface area contributed by atoms with Crippen LogP contribution in [0.25, 0.3) is 0 Å². The van der Waals surface area contributed by atoms with Gasteiger partial charge < -0.3 is 10.6 Å². The topological polar surface area (TPSA) is 41.1 Å². The van der Waals surface area contributed by atoms with Crippen LogP contribution in [-0.4, -0.2) is 30.0 Å². The van der Waals surface area contributed by atoms with Crippen molar-refractivity contribution < 1.29 is 4.79 Å². The summed E-state index contributed by atoms with van der Waals surface area (Å²) in [5, 5.41) is 7.29. The molecule has 6 heteroatoms. The van der Waals surface area contributed by atoms with Gasteiger partial charge in [0.2, 0.25) is 5.91 Å². The number of rotatable bonds is 5. The van der Waals surface area contributed by atoms with Crippen molar-refractivity contribution in [3.05, 3.63) is 34.9 Å². The lowest BCUT2D eigenvalue weighted by Gasteiger charge is -2.26. The van der Waals surface area contributed by atoms with Gasteiger partial charge in [-0.05, 0) is 23.6 Å². The number of carbonyl (C=O) groups excluding carboxylic acids is 1. The number of benzene rings is 1. The minimum Gasteiger partial charge on any atom is -0.349 e. The van der Waals surface area contributed by atoms with Crippen molar-refractivity contribution in [1.29, 1.82) is 0 Å². The molecule has 124 valence electrons. The minimum absolute atomic E-state index is 0. The fourth-order valence-electron chi connectivity index (χ4n) is 2.51. The number of hydrogen-bond acceptors (Lipinski definition) is 3. The van der Waals surface area contributed by atoms with Crippen molar-refractivity contribution in [2.24, 2.45) is 5.92 Å². The Hall–Kier alpha value is -0.420. The lowest BCUT2D eigenvalue weighted by molar-refractivity contribution is -0.122. The zero-order chi connectivity index (χ0) is 15.2. The molecule has 2 rings (SSSR count). The Morgan fingerprint density at radius 1 is 1.41 bits per heavy atom. The number of carbonyl (C=O) groups is 1. The quantitative estimate of drug-likeness (QED) is 0.839. The van der Waals surface area contributed by atoms with E-state index in [-0.39, 0.29) is 24.4 Å². The molecule has 0 bridgehead atoms. The van der Waals surface area contributed by atoms with E-state index in [4.69, 9.17) is 11.6 Å². The van der Waals surface area contributed by atoms with Crippen LogP contribution >= 0.6 is 35.8 Å². The molecule has 22 heavy (non-hydrogen) atoms. The van der Waals surface area contributed by atoms with Gasteiger partial charge in [0, 0.05) is 35.5 Å². The van der Waals surface area contributed by atoms with Crippen molar-refractivity contribution in [3.63, 3.8) is 0 Å². The number of nitrogens with one attached hydrogen (secondary N) is 2. The first-order valence-corrected chi connectivity index (χ1v) is 8.95. The Balaban J connectivity index is 0.00000242. The first-order chi connectivity index (χ1) is 10.1. The molecule has 1 aliphatic heterocycles. The monoisotopic (exact) mass is 362 g/mol. The molecule has 2 unspecified atom stereocenters. The van der Waals surface area contributed by atoms with E-state index in [9.17, 15) is 4.79 Å². The third-order valence-electron chi connectivity index (χ3n) is 3.64. The van der Waals surface area contributed by atoms with Crippen LogP contribution < -0.4 is 10.6 Å². The lowest BCUT2D eigenvalue weighted by Crippen LogP contribution is -2.42. The summed E-state index contributed by atoms with van der Waals surface area (Å²) >= 11 is 7.84. The molecule has 0 aromatic heterocycles. The highest BCUT2D eigenvalue weighted by Gasteiger charge is 2.21. The average Bonchev–Trinajstić information content (AvgIpc) is 2.47. The summed E-state index contributed by atoms with van der Waals surface area (Å²) in [6, 6.07) is 8.05. The number of hydrogen-bond donors (Lipinski definition) is 2. The molecule has 2 atom stereocenters. The van der Waals surface area contributed by atoms with Crippen LogP contribution in [0.1, 0.15) is 31.9 Å². The summed E-state index contributed by atoms with van der Waals surface area (Å²) in [5.41, 5.74) is 1.11. The van der Waals surface area contributed by atoms with Crippen LogP contribution in [0.15, 0.2) is 24.3 Å². The Labute approximate surface area is 148 Å². The van der Waals surface area contributed by atoms with E-state index < -0.39 is 0 Å². The van der Waals surface area contributed by atoms with E-state index in [0.29, 0.717) is 18.4 Å². The SMILES string of the molecule is CC(C)C(NC(=O)CC1CSCCN1)c1ccc(Cl)cc1.Cl. The molecule has 0 aliphatic carbocycles. The van der Waals surface area contributed by atoms with Crippen molar-refractivity contribution in [2.45, 2.75) is 32.4 Å². The van der Waals surface area contributed by atoms with Gasteiger partial charge in [0.15, 0.2) is 0 Å². The van der Waals surface area contributed by atoms with Gasteiger partial charge in [0.1, 0.15) is 0 Å². The third-order valence-corrected chi connectivity index (χ3v) is 5.03. The standard InChI is InChI=1S/C16H23ClN2OS.ClH/c1-11(2)16(12-3-5-13(17)6-4-12)19-15(20)9-14-10-21-8-7-18-14;/h3-6,11,14,16,18H,7-10H2,1-2H3,(H,19,20);1H. The Morgan fingerprint density at radius 2 is 2.09 bits per heavy atom. The van der Waals surface area contributed by atoms with E-state index in [2.05, 4.69) is 24.5 Å². The highest BCUT2D eigenvalue weighted by Crippen LogP contribution is 2.23. The largest absolute Gasteiger partial charge is 0.349 e. The predicted octanol–water partition coefficient (Wildman–Crippen LogP) is 3.67. The number of halogens is 2. The van der Waals surface area contributed by atoms with E-state index >= 15 is 0 Å². The molecule has 1 heterocycles. The molecule has 1 amide bonds. The highest BCUT2D eigenvalue weighted by atomic mass is 35.5. The molecule has 0 saturated carbocycles. The maximum absolute atomic E-state index is 12.3. The Bertz CT molecular complexity index is 462. The first-order valence-electron chi connectivity index (χ1n) is 7.42. The van der Waals surface area contributed by atoms with Crippen molar-refractivity contribution in [2.75, 3.05) is 18.1 Å². The van der Waals surface area contributed by atoms with Crippen LogP contribution in [0, 0.1) is 5.92 Å². The van der Waals surface area contributed by atoms with E-state index in [1.165, 1.54) is 0 Å². The zero-order valence-corrected chi connectivity index (χ0v) is 15.4. The van der Waals surface area contributed by atoms with Crippen LogP contribution in [0.4, 0.5) is 0 Å². The molecule has 0 spiro atoms. The molecule has 1 aromatic carbocycles. The normalized spacial score (nSPS) is 19.4. The maximum Gasteiger partial charge on any atom is 0.222 e. The van der Waals surface area contributed by atoms with Gasteiger partial charge in [0.25, 0.3) is 0 Å². The minimum atomic E-state index is 0. The molecule has 1 aromatic rings. The smallest absolute Gasteiger partial charge is 0.222 e. The molecular weight excluding hydrogens is 339 g/mol. The second-order valence-corrected chi connectivity index (χ2v) is 7.36. The fourth-order valence-corrected chi connectivity index (χ4v) is 3.59. The molecule has 1 fully saturated rings. The van der Waals surface area contributed by atoms with Gasteiger partial charge >= 0.3 is 0 Å². The maximum atomic E-state index is 12.3.